The van der Waals surface area contributed by atoms with E-state index in [0.29, 0.717) is 23.4 Å². The molecule has 6 heteroatoms. The van der Waals surface area contributed by atoms with Crippen molar-refractivity contribution in [1.29, 1.82) is 0 Å². The van der Waals surface area contributed by atoms with E-state index in [4.69, 9.17) is 0 Å². The smallest absolute Gasteiger partial charge is 0.255 e. The molecule has 0 saturated carbocycles. The van der Waals surface area contributed by atoms with Gasteiger partial charge >= 0.3 is 0 Å². The lowest BCUT2D eigenvalue weighted by Gasteiger charge is -2.08. The molecule has 26 heavy (non-hydrogen) atoms. The minimum Gasteiger partial charge on any atom is -0.352 e. The Hall–Kier alpha value is -3.41. The van der Waals surface area contributed by atoms with Crippen LogP contribution in [0.5, 0.6) is 0 Å². The zero-order valence-electron chi connectivity index (χ0n) is 14.5. The summed E-state index contributed by atoms with van der Waals surface area (Å²) in [5, 5.41) is 5.66. The van der Waals surface area contributed by atoms with Crippen molar-refractivity contribution in [2.75, 3.05) is 11.9 Å². The first kappa shape index (κ1) is 17.4. The normalized spacial score (nSPS) is 10.3. The lowest BCUT2D eigenvalue weighted by atomic mass is 10.1. The summed E-state index contributed by atoms with van der Waals surface area (Å²) < 4.78 is 0. The van der Waals surface area contributed by atoms with Crippen LogP contribution < -0.4 is 10.6 Å². The van der Waals surface area contributed by atoms with Gasteiger partial charge in [-0.15, -0.1) is 0 Å². The van der Waals surface area contributed by atoms with Crippen molar-refractivity contribution in [3.63, 3.8) is 0 Å². The Morgan fingerprint density at radius 1 is 1.04 bits per heavy atom. The first-order chi connectivity index (χ1) is 12.7. The Morgan fingerprint density at radius 2 is 1.81 bits per heavy atom. The summed E-state index contributed by atoms with van der Waals surface area (Å²) in [5.41, 5.74) is 2.43. The van der Waals surface area contributed by atoms with Gasteiger partial charge in [0.15, 0.2) is 0 Å². The Labute approximate surface area is 151 Å². The molecule has 132 valence electrons. The molecule has 3 aromatic rings. The van der Waals surface area contributed by atoms with Crippen molar-refractivity contribution >= 4 is 17.5 Å². The Morgan fingerprint density at radius 3 is 2.54 bits per heavy atom. The van der Waals surface area contributed by atoms with Gasteiger partial charge in [-0.25, -0.2) is 4.98 Å². The second-order valence-corrected chi connectivity index (χ2v) is 5.81. The predicted octanol–water partition coefficient (Wildman–Crippen LogP) is 3.47. The molecule has 6 nitrogen and oxygen atoms in total. The van der Waals surface area contributed by atoms with Gasteiger partial charge in [-0.05, 0) is 36.8 Å². The van der Waals surface area contributed by atoms with Gasteiger partial charge in [0.1, 0.15) is 5.82 Å². The minimum atomic E-state index is -0.272. The van der Waals surface area contributed by atoms with Crippen LogP contribution in [0.15, 0.2) is 60.9 Å². The van der Waals surface area contributed by atoms with Crippen molar-refractivity contribution in [2.24, 2.45) is 0 Å². The molecule has 0 atom stereocenters. The Kier molecular flexibility index (Phi) is 5.43. The standard InChI is InChI=1S/C20H20N4O2/c1-2-9-23-19(25)15-6-3-7-16(12-15)20(26)24-17-8-4-5-14(13-17)18-21-10-11-22-18/h3-8,10-13H,2,9H2,1H3,(H,21,22)(H,23,25)(H,24,26). The number of imidazole rings is 1. The van der Waals surface area contributed by atoms with E-state index in [9.17, 15) is 9.59 Å². The molecule has 0 bridgehead atoms. The van der Waals surface area contributed by atoms with E-state index in [0.717, 1.165) is 17.8 Å². The maximum Gasteiger partial charge on any atom is 0.255 e. The second kappa shape index (κ2) is 8.11. The zero-order chi connectivity index (χ0) is 18.4. The summed E-state index contributed by atoms with van der Waals surface area (Å²) in [7, 11) is 0. The van der Waals surface area contributed by atoms with Crippen molar-refractivity contribution in [2.45, 2.75) is 13.3 Å². The third-order valence-electron chi connectivity index (χ3n) is 3.81. The lowest BCUT2D eigenvalue weighted by molar-refractivity contribution is 0.0953. The number of amides is 2. The highest BCUT2D eigenvalue weighted by Crippen LogP contribution is 2.19. The number of carbonyl (C=O) groups excluding carboxylic acids is 2. The second-order valence-electron chi connectivity index (χ2n) is 5.81. The number of hydrogen-bond acceptors (Lipinski definition) is 3. The number of hydrogen-bond donors (Lipinski definition) is 3. The van der Waals surface area contributed by atoms with Crippen LogP contribution in [0.3, 0.4) is 0 Å². The van der Waals surface area contributed by atoms with Crippen LogP contribution in [-0.4, -0.2) is 28.3 Å². The van der Waals surface area contributed by atoms with E-state index >= 15 is 0 Å². The molecule has 0 saturated heterocycles. The molecule has 0 aliphatic heterocycles. The fourth-order valence-electron chi connectivity index (χ4n) is 2.51. The van der Waals surface area contributed by atoms with E-state index in [1.807, 2.05) is 31.2 Å². The van der Waals surface area contributed by atoms with Crippen LogP contribution in [0.4, 0.5) is 5.69 Å². The first-order valence-electron chi connectivity index (χ1n) is 8.47. The number of nitrogens with one attached hydrogen (secondary N) is 3. The highest BCUT2D eigenvalue weighted by molar-refractivity contribution is 6.06. The third kappa shape index (κ3) is 4.16. The molecular formula is C20H20N4O2. The lowest BCUT2D eigenvalue weighted by Crippen LogP contribution is -2.24. The van der Waals surface area contributed by atoms with Gasteiger partial charge in [0.25, 0.3) is 11.8 Å². The van der Waals surface area contributed by atoms with Gasteiger partial charge in [-0.3, -0.25) is 9.59 Å². The van der Waals surface area contributed by atoms with Crippen LogP contribution in [-0.2, 0) is 0 Å². The minimum absolute atomic E-state index is 0.179. The molecule has 0 aliphatic carbocycles. The van der Waals surface area contributed by atoms with Crippen LogP contribution in [0, 0.1) is 0 Å². The monoisotopic (exact) mass is 348 g/mol. The molecule has 0 radical (unpaired) electrons. The van der Waals surface area contributed by atoms with E-state index in [-0.39, 0.29) is 11.8 Å². The summed E-state index contributed by atoms with van der Waals surface area (Å²) in [5.74, 6) is 0.281. The van der Waals surface area contributed by atoms with Crippen LogP contribution in [0.2, 0.25) is 0 Å². The molecule has 0 fully saturated rings. The molecule has 2 aromatic carbocycles. The fraction of sp³-hybridized carbons (Fsp3) is 0.150. The van der Waals surface area contributed by atoms with Gasteiger partial charge in [0, 0.05) is 41.3 Å². The van der Waals surface area contributed by atoms with Crippen molar-refractivity contribution < 1.29 is 9.59 Å². The van der Waals surface area contributed by atoms with E-state index in [1.54, 1.807) is 36.7 Å². The topological polar surface area (TPSA) is 86.9 Å². The summed E-state index contributed by atoms with van der Waals surface area (Å²) in [6.45, 7) is 2.59. The van der Waals surface area contributed by atoms with Crippen LogP contribution in [0.1, 0.15) is 34.1 Å². The molecule has 0 aliphatic rings. The highest BCUT2D eigenvalue weighted by Gasteiger charge is 2.11. The molecule has 3 N–H and O–H groups in total. The molecule has 3 rings (SSSR count). The molecule has 1 aromatic heterocycles. The van der Waals surface area contributed by atoms with Crippen molar-refractivity contribution in [3.8, 4) is 11.4 Å². The summed E-state index contributed by atoms with van der Waals surface area (Å²) in [6, 6.07) is 14.1. The zero-order valence-corrected chi connectivity index (χ0v) is 14.5. The molecular weight excluding hydrogens is 328 g/mol. The number of H-pyrrole nitrogens is 1. The SMILES string of the molecule is CCCNC(=O)c1cccc(C(=O)Nc2cccc(-c3ncc[nH]3)c2)c1. The molecule has 0 unspecified atom stereocenters. The number of benzene rings is 2. The quantitative estimate of drug-likeness (QED) is 0.637. The van der Waals surface area contributed by atoms with Crippen molar-refractivity contribution in [1.82, 2.24) is 15.3 Å². The molecule has 1 heterocycles. The van der Waals surface area contributed by atoms with Crippen molar-refractivity contribution in [3.05, 3.63) is 72.1 Å². The number of nitrogens with zero attached hydrogens (tertiary/aromatic N) is 1. The largest absolute Gasteiger partial charge is 0.352 e. The predicted molar refractivity (Wildman–Crippen MR) is 101 cm³/mol. The van der Waals surface area contributed by atoms with E-state index in [2.05, 4.69) is 20.6 Å². The number of rotatable bonds is 6. The van der Waals surface area contributed by atoms with Gasteiger partial charge in [-0.1, -0.05) is 25.1 Å². The van der Waals surface area contributed by atoms with Gasteiger partial charge in [-0.2, -0.15) is 0 Å². The Balaban J connectivity index is 1.74. The van der Waals surface area contributed by atoms with Crippen LogP contribution in [0.25, 0.3) is 11.4 Å². The first-order valence-corrected chi connectivity index (χ1v) is 8.47. The van der Waals surface area contributed by atoms with E-state index in [1.165, 1.54) is 0 Å². The van der Waals surface area contributed by atoms with Gasteiger partial charge < -0.3 is 15.6 Å². The van der Waals surface area contributed by atoms with E-state index < -0.39 is 0 Å². The van der Waals surface area contributed by atoms with Crippen LogP contribution >= 0.6 is 0 Å². The maximum atomic E-state index is 12.5. The highest BCUT2D eigenvalue weighted by atomic mass is 16.2. The van der Waals surface area contributed by atoms with Gasteiger partial charge in [0.2, 0.25) is 0 Å². The summed E-state index contributed by atoms with van der Waals surface area (Å²) >= 11 is 0. The summed E-state index contributed by atoms with van der Waals surface area (Å²) in [4.78, 5) is 31.8. The molecule has 0 spiro atoms. The average molecular weight is 348 g/mol. The number of anilines is 1. The Bertz CT molecular complexity index is 904. The summed E-state index contributed by atoms with van der Waals surface area (Å²) in [6.07, 6.45) is 4.28. The molecule has 2 amide bonds. The fourth-order valence-corrected chi connectivity index (χ4v) is 2.51. The maximum absolute atomic E-state index is 12.5. The van der Waals surface area contributed by atoms with Gasteiger partial charge in [0.05, 0.1) is 0 Å². The third-order valence-corrected chi connectivity index (χ3v) is 3.81. The number of aromatic amines is 1. The number of carbonyl (C=O) groups is 2. The average Bonchev–Trinajstić information content (AvgIpc) is 3.21. The number of aromatic nitrogens is 2.